The second-order valence-electron chi connectivity index (χ2n) is 2.43. The highest BCUT2D eigenvalue weighted by atomic mass is 31.2. The van der Waals surface area contributed by atoms with E-state index < -0.39 is 7.26 Å². The summed E-state index contributed by atoms with van der Waals surface area (Å²) in [5.41, 5.74) is 0. The minimum absolute atomic E-state index is 0.455. The van der Waals surface area contributed by atoms with Crippen LogP contribution in [0.3, 0.4) is 0 Å². The quantitative estimate of drug-likeness (QED) is 0.606. The Morgan fingerprint density at radius 2 is 1.33 bits per heavy atom. The molecule has 0 aromatic rings. The molecule has 0 aliphatic carbocycles. The summed E-state index contributed by atoms with van der Waals surface area (Å²) in [4.78, 5) is 0. The summed E-state index contributed by atoms with van der Waals surface area (Å²) in [5, 5.41) is 9.03. The number of hydrogen-bond acceptors (Lipinski definition) is 1. The molecular formula is C7H18OP+. The van der Waals surface area contributed by atoms with Gasteiger partial charge in [-0.1, -0.05) is 0 Å². The molecule has 56 valence electrons. The van der Waals surface area contributed by atoms with Crippen molar-refractivity contribution in [3.63, 3.8) is 0 Å². The van der Waals surface area contributed by atoms with Crippen LogP contribution < -0.4 is 0 Å². The summed E-state index contributed by atoms with van der Waals surface area (Å²) in [6.45, 7) is 6.57. The van der Waals surface area contributed by atoms with Crippen LogP contribution in [0.4, 0.5) is 0 Å². The van der Waals surface area contributed by atoms with Crippen molar-refractivity contribution in [2.45, 2.75) is 20.8 Å². The van der Waals surface area contributed by atoms with Crippen LogP contribution in [0.1, 0.15) is 20.8 Å². The molecule has 1 N–H and O–H groups in total. The topological polar surface area (TPSA) is 20.2 Å². The third-order valence-electron chi connectivity index (χ3n) is 2.31. The van der Waals surface area contributed by atoms with Crippen LogP contribution in [0.25, 0.3) is 0 Å². The van der Waals surface area contributed by atoms with Gasteiger partial charge in [0.15, 0.2) is 6.35 Å². The molecule has 9 heavy (non-hydrogen) atoms. The van der Waals surface area contributed by atoms with Crippen molar-refractivity contribution in [2.75, 3.05) is 24.8 Å². The van der Waals surface area contributed by atoms with Gasteiger partial charge in [0, 0.05) is 7.26 Å². The summed E-state index contributed by atoms with van der Waals surface area (Å²) >= 11 is 0. The van der Waals surface area contributed by atoms with E-state index in [1.54, 1.807) is 0 Å². The molecule has 0 saturated heterocycles. The van der Waals surface area contributed by atoms with Crippen molar-refractivity contribution in [1.82, 2.24) is 0 Å². The van der Waals surface area contributed by atoms with Crippen LogP contribution in [-0.4, -0.2) is 29.9 Å². The summed E-state index contributed by atoms with van der Waals surface area (Å²) in [5.74, 6) is 0. The molecule has 0 aromatic carbocycles. The second kappa shape index (κ2) is 4.24. The van der Waals surface area contributed by atoms with Gasteiger partial charge in [-0.2, -0.15) is 0 Å². The molecule has 0 aliphatic rings. The summed E-state index contributed by atoms with van der Waals surface area (Å²) < 4.78 is 0. The standard InChI is InChI=1S/C7H18OP/c1-4-9(5-2,6-3)7-8/h8H,4-7H2,1-3H3/q+1. The third-order valence-corrected chi connectivity index (χ3v) is 6.94. The Morgan fingerprint density at radius 1 is 1.00 bits per heavy atom. The predicted molar refractivity (Wildman–Crippen MR) is 45.6 cm³/mol. The molecule has 0 fully saturated rings. The average molecular weight is 149 g/mol. The lowest BCUT2D eigenvalue weighted by molar-refractivity contribution is 0.366. The van der Waals surface area contributed by atoms with Gasteiger partial charge >= 0.3 is 0 Å². The molecule has 0 aliphatic heterocycles. The van der Waals surface area contributed by atoms with E-state index in [1.807, 2.05) is 0 Å². The Kier molecular flexibility index (Phi) is 4.43. The lowest BCUT2D eigenvalue weighted by atomic mass is 10.9. The number of hydrogen-bond donors (Lipinski definition) is 1. The minimum atomic E-state index is -0.864. The first-order chi connectivity index (χ1) is 4.24. The van der Waals surface area contributed by atoms with Gasteiger partial charge in [-0.3, -0.25) is 0 Å². The van der Waals surface area contributed by atoms with Gasteiger partial charge in [0.1, 0.15) is 0 Å². The van der Waals surface area contributed by atoms with E-state index in [9.17, 15) is 0 Å². The van der Waals surface area contributed by atoms with Crippen LogP contribution in [0.15, 0.2) is 0 Å². The smallest absolute Gasteiger partial charge is 0.153 e. The number of aliphatic hydroxyl groups is 1. The van der Waals surface area contributed by atoms with Crippen molar-refractivity contribution in [3.05, 3.63) is 0 Å². The largest absolute Gasteiger partial charge is 0.362 e. The third kappa shape index (κ3) is 2.23. The first-order valence-electron chi connectivity index (χ1n) is 3.70. The summed E-state index contributed by atoms with van der Waals surface area (Å²) in [6, 6.07) is 0. The molecular weight excluding hydrogens is 131 g/mol. The molecule has 0 saturated carbocycles. The fourth-order valence-electron chi connectivity index (χ4n) is 0.971. The Labute approximate surface area is 58.8 Å². The fourth-order valence-corrected chi connectivity index (χ4v) is 2.91. The highest BCUT2D eigenvalue weighted by Crippen LogP contribution is 2.56. The zero-order chi connectivity index (χ0) is 7.33. The van der Waals surface area contributed by atoms with E-state index in [0.29, 0.717) is 6.35 Å². The normalized spacial score (nSPS) is 12.0. The molecule has 0 bridgehead atoms. The first-order valence-corrected chi connectivity index (χ1v) is 6.23. The van der Waals surface area contributed by atoms with E-state index in [-0.39, 0.29) is 0 Å². The zero-order valence-electron chi connectivity index (χ0n) is 6.72. The molecule has 0 unspecified atom stereocenters. The van der Waals surface area contributed by atoms with Gasteiger partial charge in [0.05, 0.1) is 18.5 Å². The van der Waals surface area contributed by atoms with Crippen molar-refractivity contribution in [2.24, 2.45) is 0 Å². The number of rotatable bonds is 4. The van der Waals surface area contributed by atoms with E-state index in [4.69, 9.17) is 5.11 Å². The molecule has 0 radical (unpaired) electrons. The Hall–Kier alpha value is 0.390. The van der Waals surface area contributed by atoms with Crippen molar-refractivity contribution in [3.8, 4) is 0 Å². The Morgan fingerprint density at radius 3 is 1.33 bits per heavy atom. The van der Waals surface area contributed by atoms with Gasteiger partial charge in [-0.15, -0.1) is 0 Å². The maximum absolute atomic E-state index is 9.03. The highest BCUT2D eigenvalue weighted by molar-refractivity contribution is 7.75. The summed E-state index contributed by atoms with van der Waals surface area (Å²) in [6.07, 6.45) is 4.07. The fraction of sp³-hybridized carbons (Fsp3) is 1.00. The second-order valence-corrected chi connectivity index (χ2v) is 7.30. The highest BCUT2D eigenvalue weighted by Gasteiger charge is 2.29. The van der Waals surface area contributed by atoms with Crippen LogP contribution in [-0.2, 0) is 0 Å². The molecule has 2 heteroatoms. The predicted octanol–water partition coefficient (Wildman–Crippen LogP) is 2.01. The Balaban J connectivity index is 3.82. The molecule has 1 nitrogen and oxygen atoms in total. The molecule has 0 rings (SSSR count). The van der Waals surface area contributed by atoms with Crippen molar-refractivity contribution < 1.29 is 5.11 Å². The summed E-state index contributed by atoms with van der Waals surface area (Å²) in [7, 11) is -0.864. The van der Waals surface area contributed by atoms with Crippen molar-refractivity contribution >= 4 is 7.26 Å². The van der Waals surface area contributed by atoms with Crippen LogP contribution >= 0.6 is 7.26 Å². The number of aliphatic hydroxyl groups excluding tert-OH is 1. The Bertz CT molecular complexity index is 51.8. The molecule has 0 aromatic heterocycles. The van der Waals surface area contributed by atoms with E-state index >= 15 is 0 Å². The molecule has 0 amide bonds. The lowest BCUT2D eigenvalue weighted by Crippen LogP contribution is -2.06. The average Bonchev–Trinajstić information content (AvgIpc) is 1.95. The molecule has 0 spiro atoms. The van der Waals surface area contributed by atoms with Crippen molar-refractivity contribution in [1.29, 1.82) is 0 Å². The maximum Gasteiger partial charge on any atom is 0.153 e. The lowest BCUT2D eigenvalue weighted by Gasteiger charge is -2.19. The first kappa shape index (κ1) is 9.39. The van der Waals surface area contributed by atoms with Crippen LogP contribution in [0.2, 0.25) is 0 Å². The van der Waals surface area contributed by atoms with Crippen LogP contribution in [0, 0.1) is 0 Å². The van der Waals surface area contributed by atoms with Gasteiger partial charge in [-0.05, 0) is 20.8 Å². The van der Waals surface area contributed by atoms with E-state index in [1.165, 1.54) is 18.5 Å². The van der Waals surface area contributed by atoms with Gasteiger partial charge in [-0.25, -0.2) is 0 Å². The zero-order valence-corrected chi connectivity index (χ0v) is 7.62. The van der Waals surface area contributed by atoms with Gasteiger partial charge in [0.2, 0.25) is 0 Å². The monoisotopic (exact) mass is 149 g/mol. The molecule has 0 heterocycles. The maximum atomic E-state index is 9.03. The SMILES string of the molecule is CC[P+](CC)(CC)CO. The molecule has 0 atom stereocenters. The van der Waals surface area contributed by atoms with E-state index in [0.717, 1.165) is 0 Å². The van der Waals surface area contributed by atoms with Crippen LogP contribution in [0.5, 0.6) is 0 Å². The van der Waals surface area contributed by atoms with E-state index in [2.05, 4.69) is 20.8 Å². The van der Waals surface area contributed by atoms with Gasteiger partial charge in [0.25, 0.3) is 0 Å². The minimum Gasteiger partial charge on any atom is -0.362 e. The van der Waals surface area contributed by atoms with Gasteiger partial charge < -0.3 is 5.11 Å².